The Bertz CT molecular complexity index is 125. The van der Waals surface area contributed by atoms with Gasteiger partial charge in [0.2, 0.25) is 5.91 Å². The molecule has 0 aromatic carbocycles. The average molecular weight is 158 g/mol. The zero-order valence-corrected chi connectivity index (χ0v) is 7.55. The molecular weight excluding hydrogens is 140 g/mol. The van der Waals surface area contributed by atoms with Gasteiger partial charge in [-0.15, -0.1) is 0 Å². The van der Waals surface area contributed by atoms with Crippen LogP contribution in [-0.2, 0) is 4.79 Å². The van der Waals surface area contributed by atoms with Gasteiger partial charge in [0.15, 0.2) is 0 Å². The number of amides is 1. The highest BCUT2D eigenvalue weighted by atomic mass is 16.2. The number of rotatable bonds is 4. The first-order valence-electron chi connectivity index (χ1n) is 4.16. The van der Waals surface area contributed by atoms with Crippen molar-refractivity contribution < 1.29 is 4.79 Å². The lowest BCUT2D eigenvalue weighted by molar-refractivity contribution is -0.123. The van der Waals surface area contributed by atoms with E-state index in [-0.39, 0.29) is 17.9 Å². The molecule has 3 nitrogen and oxygen atoms in total. The van der Waals surface area contributed by atoms with Crippen LogP contribution < -0.4 is 11.1 Å². The highest BCUT2D eigenvalue weighted by Crippen LogP contribution is 2.04. The molecule has 1 unspecified atom stereocenters. The van der Waals surface area contributed by atoms with Crippen molar-refractivity contribution in [3.05, 3.63) is 0 Å². The number of likely N-dealkylation sites (N-methyl/N-ethyl adjacent to an activating group) is 1. The summed E-state index contributed by atoms with van der Waals surface area (Å²) in [6.45, 7) is 6.56. The first-order chi connectivity index (χ1) is 5.13. The Labute approximate surface area is 68.3 Å². The minimum Gasteiger partial charge on any atom is -0.355 e. The SMILES string of the molecule is CCNC(=O)[C@H](N)C(C)CC. The summed E-state index contributed by atoms with van der Waals surface area (Å²) in [5.74, 6) is 0.225. The van der Waals surface area contributed by atoms with Crippen LogP contribution in [0.25, 0.3) is 0 Å². The van der Waals surface area contributed by atoms with Crippen molar-refractivity contribution in [2.24, 2.45) is 11.7 Å². The summed E-state index contributed by atoms with van der Waals surface area (Å²) in [4.78, 5) is 11.1. The van der Waals surface area contributed by atoms with Gasteiger partial charge in [0.25, 0.3) is 0 Å². The molecule has 0 rings (SSSR count). The summed E-state index contributed by atoms with van der Waals surface area (Å²) in [7, 11) is 0. The normalized spacial score (nSPS) is 15.6. The number of nitrogens with one attached hydrogen (secondary N) is 1. The van der Waals surface area contributed by atoms with Crippen LogP contribution in [-0.4, -0.2) is 18.5 Å². The Hall–Kier alpha value is -0.570. The Morgan fingerprint density at radius 1 is 1.55 bits per heavy atom. The lowest BCUT2D eigenvalue weighted by Gasteiger charge is -2.16. The van der Waals surface area contributed by atoms with Gasteiger partial charge in [0.05, 0.1) is 6.04 Å². The summed E-state index contributed by atoms with van der Waals surface area (Å²) in [6, 6.07) is -0.347. The number of hydrogen-bond acceptors (Lipinski definition) is 2. The van der Waals surface area contributed by atoms with Crippen molar-refractivity contribution in [3.8, 4) is 0 Å². The minimum atomic E-state index is -0.347. The first-order valence-corrected chi connectivity index (χ1v) is 4.16. The molecule has 11 heavy (non-hydrogen) atoms. The maximum atomic E-state index is 11.1. The average Bonchev–Trinajstić information content (AvgIpc) is 2.02. The second-order valence-corrected chi connectivity index (χ2v) is 2.81. The predicted octanol–water partition coefficient (Wildman–Crippen LogP) is 0.496. The maximum Gasteiger partial charge on any atom is 0.237 e. The largest absolute Gasteiger partial charge is 0.355 e. The third-order valence-corrected chi connectivity index (χ3v) is 1.91. The molecule has 2 atom stereocenters. The van der Waals surface area contributed by atoms with E-state index in [0.29, 0.717) is 6.54 Å². The summed E-state index contributed by atoms with van der Waals surface area (Å²) in [5, 5.41) is 2.70. The smallest absolute Gasteiger partial charge is 0.237 e. The molecule has 0 spiro atoms. The molecule has 3 heteroatoms. The second kappa shape index (κ2) is 5.13. The van der Waals surface area contributed by atoms with Crippen LogP contribution in [0, 0.1) is 5.92 Å². The van der Waals surface area contributed by atoms with Gasteiger partial charge in [0, 0.05) is 6.54 Å². The van der Waals surface area contributed by atoms with E-state index in [2.05, 4.69) is 5.32 Å². The van der Waals surface area contributed by atoms with Gasteiger partial charge in [-0.3, -0.25) is 4.79 Å². The van der Waals surface area contributed by atoms with Gasteiger partial charge in [-0.2, -0.15) is 0 Å². The Balaban J connectivity index is 3.80. The summed E-state index contributed by atoms with van der Waals surface area (Å²) >= 11 is 0. The second-order valence-electron chi connectivity index (χ2n) is 2.81. The molecule has 0 saturated heterocycles. The third kappa shape index (κ3) is 3.37. The van der Waals surface area contributed by atoms with E-state index in [1.54, 1.807) is 0 Å². The van der Waals surface area contributed by atoms with Gasteiger partial charge in [-0.1, -0.05) is 20.3 Å². The molecule has 66 valence electrons. The summed E-state index contributed by atoms with van der Waals surface area (Å²) in [6.07, 6.45) is 0.943. The van der Waals surface area contributed by atoms with Crippen molar-refractivity contribution >= 4 is 5.91 Å². The number of nitrogens with two attached hydrogens (primary N) is 1. The van der Waals surface area contributed by atoms with Crippen molar-refractivity contribution in [1.29, 1.82) is 0 Å². The fourth-order valence-electron chi connectivity index (χ4n) is 0.804. The topological polar surface area (TPSA) is 55.1 Å². The molecule has 1 amide bonds. The van der Waals surface area contributed by atoms with Crippen LogP contribution in [0.4, 0.5) is 0 Å². The zero-order chi connectivity index (χ0) is 8.85. The highest BCUT2D eigenvalue weighted by Gasteiger charge is 2.17. The van der Waals surface area contributed by atoms with Crippen LogP contribution >= 0.6 is 0 Å². The molecule has 0 fully saturated rings. The molecule has 0 aromatic rings. The van der Waals surface area contributed by atoms with Gasteiger partial charge in [0.1, 0.15) is 0 Å². The fourth-order valence-corrected chi connectivity index (χ4v) is 0.804. The van der Waals surface area contributed by atoms with Crippen LogP contribution in [0.15, 0.2) is 0 Å². The predicted molar refractivity (Wildman–Crippen MR) is 46.1 cm³/mol. The Kier molecular flexibility index (Phi) is 4.86. The molecule has 0 heterocycles. The van der Waals surface area contributed by atoms with E-state index >= 15 is 0 Å². The van der Waals surface area contributed by atoms with E-state index < -0.39 is 0 Å². The summed E-state index contributed by atoms with van der Waals surface area (Å²) in [5.41, 5.74) is 5.65. The quantitative estimate of drug-likeness (QED) is 0.626. The molecule has 0 aromatic heterocycles. The molecule has 0 bridgehead atoms. The molecule has 3 N–H and O–H groups in total. The fraction of sp³-hybridized carbons (Fsp3) is 0.875. The zero-order valence-electron chi connectivity index (χ0n) is 7.55. The van der Waals surface area contributed by atoms with E-state index in [1.807, 2.05) is 20.8 Å². The lowest BCUT2D eigenvalue weighted by atomic mass is 9.99. The van der Waals surface area contributed by atoms with Crippen molar-refractivity contribution in [2.45, 2.75) is 33.2 Å². The van der Waals surface area contributed by atoms with Crippen LogP contribution in [0.3, 0.4) is 0 Å². The first kappa shape index (κ1) is 10.4. The van der Waals surface area contributed by atoms with Gasteiger partial charge in [-0.05, 0) is 12.8 Å². The molecule has 0 aliphatic carbocycles. The lowest BCUT2D eigenvalue weighted by Crippen LogP contribution is -2.44. The number of carbonyl (C=O) groups excluding carboxylic acids is 1. The van der Waals surface area contributed by atoms with Crippen LogP contribution in [0.5, 0.6) is 0 Å². The van der Waals surface area contributed by atoms with Crippen LogP contribution in [0.2, 0.25) is 0 Å². The standard InChI is InChI=1S/C8H18N2O/c1-4-6(3)7(9)8(11)10-5-2/h6-7H,4-5,9H2,1-3H3,(H,10,11)/t6?,7-/m1/s1. The highest BCUT2D eigenvalue weighted by molar-refractivity contribution is 5.81. The molecule has 0 aliphatic rings. The van der Waals surface area contributed by atoms with Crippen molar-refractivity contribution in [1.82, 2.24) is 5.32 Å². The molecular formula is C8H18N2O. The number of hydrogen-bond donors (Lipinski definition) is 2. The maximum absolute atomic E-state index is 11.1. The molecule has 0 saturated carbocycles. The monoisotopic (exact) mass is 158 g/mol. The third-order valence-electron chi connectivity index (χ3n) is 1.91. The summed E-state index contributed by atoms with van der Waals surface area (Å²) < 4.78 is 0. The van der Waals surface area contributed by atoms with Crippen LogP contribution in [0.1, 0.15) is 27.2 Å². The Morgan fingerprint density at radius 3 is 2.45 bits per heavy atom. The van der Waals surface area contributed by atoms with Crippen molar-refractivity contribution in [2.75, 3.05) is 6.54 Å². The van der Waals surface area contributed by atoms with E-state index in [1.165, 1.54) is 0 Å². The van der Waals surface area contributed by atoms with Gasteiger partial charge < -0.3 is 11.1 Å². The van der Waals surface area contributed by atoms with Gasteiger partial charge >= 0.3 is 0 Å². The molecule has 0 aliphatic heterocycles. The Morgan fingerprint density at radius 2 is 2.09 bits per heavy atom. The number of carbonyl (C=O) groups is 1. The van der Waals surface area contributed by atoms with E-state index in [0.717, 1.165) is 6.42 Å². The molecule has 0 radical (unpaired) electrons. The van der Waals surface area contributed by atoms with Gasteiger partial charge in [-0.25, -0.2) is 0 Å². The minimum absolute atomic E-state index is 0.0400. The van der Waals surface area contributed by atoms with E-state index in [9.17, 15) is 4.79 Å². The van der Waals surface area contributed by atoms with Crippen molar-refractivity contribution in [3.63, 3.8) is 0 Å². The van der Waals surface area contributed by atoms with E-state index in [4.69, 9.17) is 5.73 Å².